The van der Waals surface area contributed by atoms with Gasteiger partial charge in [-0.15, -0.1) is 0 Å². The summed E-state index contributed by atoms with van der Waals surface area (Å²) in [5.41, 5.74) is 15.4. The van der Waals surface area contributed by atoms with E-state index in [0.717, 1.165) is 41.4 Å². The third-order valence-corrected chi connectivity index (χ3v) is 19.9. The van der Waals surface area contributed by atoms with E-state index >= 15 is 0 Å². The van der Waals surface area contributed by atoms with Gasteiger partial charge < -0.3 is 4.90 Å². The SMILES string of the molecule is CC1(C)CCC(C)(C)c2cc(-c3ccc(N(c4ccc(C56CC7CC(CC(C7)C5)C6)cc4)c4ccc5c(c4)C4(c6ccccc6S5)C5CC6CC(C5)CC4C6)cc3)ccc21. The molecule has 5 aromatic rings. The number of hydrogen-bond acceptors (Lipinski definition) is 2. The molecule has 9 aliphatic carbocycles. The van der Waals surface area contributed by atoms with Gasteiger partial charge in [0.05, 0.1) is 0 Å². The highest BCUT2D eigenvalue weighted by molar-refractivity contribution is 7.99. The number of benzene rings is 5. The standard InChI is InChI=1S/C58H63NS/c1-55(2)21-22-56(3,4)51-31-42(11-19-49(51)55)41-9-14-46(15-10-41)59(47-16-12-43(13-17-47)57-33-38-24-39(34-57)26-40(25-38)35-57)48-18-20-54-52(32-48)58(50-7-5-6-8-53(50)60-54)44-27-36-23-37(29-44)30-45(58)28-36/h5-20,31-32,36-40,44-45H,21-30,33-35H2,1-4H3. The average molecular weight is 806 g/mol. The van der Waals surface area contributed by atoms with Gasteiger partial charge in [-0.1, -0.05) is 100 Å². The second-order valence-electron chi connectivity index (χ2n) is 23.1. The molecule has 0 N–H and O–H groups in total. The molecule has 8 fully saturated rings. The van der Waals surface area contributed by atoms with Gasteiger partial charge in [0.25, 0.3) is 0 Å². The maximum absolute atomic E-state index is 2.69. The molecule has 1 nitrogen and oxygen atoms in total. The lowest BCUT2D eigenvalue weighted by Gasteiger charge is -2.63. The summed E-state index contributed by atoms with van der Waals surface area (Å²) in [5.74, 6) is 6.20. The Morgan fingerprint density at radius 3 is 1.63 bits per heavy atom. The van der Waals surface area contributed by atoms with Gasteiger partial charge in [-0.05, 0) is 229 Å². The molecule has 0 atom stereocenters. The van der Waals surface area contributed by atoms with E-state index < -0.39 is 0 Å². The van der Waals surface area contributed by atoms with E-state index in [1.807, 2.05) is 11.8 Å². The number of fused-ring (bicyclic) bond motifs is 3. The number of nitrogens with zero attached hydrogens (tertiary/aromatic N) is 1. The highest BCUT2D eigenvalue weighted by Crippen LogP contribution is 2.69. The first-order valence-electron chi connectivity index (χ1n) is 24.1. The molecule has 0 aromatic heterocycles. The van der Waals surface area contributed by atoms with Crippen molar-refractivity contribution in [2.75, 3.05) is 4.90 Å². The third-order valence-electron chi connectivity index (χ3n) is 18.7. The highest BCUT2D eigenvalue weighted by Gasteiger charge is 2.61. The summed E-state index contributed by atoms with van der Waals surface area (Å²) < 4.78 is 0. The van der Waals surface area contributed by atoms with Crippen LogP contribution in [0.25, 0.3) is 11.1 Å². The molecule has 10 aliphatic rings. The maximum atomic E-state index is 2.69. The Labute approximate surface area is 364 Å². The van der Waals surface area contributed by atoms with Crippen molar-refractivity contribution < 1.29 is 0 Å². The smallest absolute Gasteiger partial charge is 0.0465 e. The fourth-order valence-electron chi connectivity index (χ4n) is 16.5. The number of rotatable bonds is 5. The zero-order valence-electron chi connectivity index (χ0n) is 36.5. The average Bonchev–Trinajstić information content (AvgIpc) is 3.24. The van der Waals surface area contributed by atoms with Crippen LogP contribution in [0.15, 0.2) is 119 Å². The first kappa shape index (κ1) is 36.9. The van der Waals surface area contributed by atoms with Crippen molar-refractivity contribution in [3.05, 3.63) is 137 Å². The van der Waals surface area contributed by atoms with Crippen molar-refractivity contribution in [2.45, 2.75) is 143 Å². The molecule has 1 spiro atoms. The summed E-state index contributed by atoms with van der Waals surface area (Å²) >= 11 is 2.03. The van der Waals surface area contributed by atoms with Crippen LogP contribution in [0.1, 0.15) is 139 Å². The molecule has 0 amide bonds. The number of anilines is 3. The van der Waals surface area contributed by atoms with Gasteiger partial charge in [0, 0.05) is 32.3 Å². The summed E-state index contributed by atoms with van der Waals surface area (Å²) in [6.45, 7) is 9.76. The van der Waals surface area contributed by atoms with Gasteiger partial charge in [0.15, 0.2) is 0 Å². The normalized spacial score (nSPS) is 34.3. The van der Waals surface area contributed by atoms with Gasteiger partial charge in [0.2, 0.25) is 0 Å². The molecule has 15 rings (SSSR count). The Balaban J connectivity index is 0.930. The minimum atomic E-state index is 0.118. The minimum absolute atomic E-state index is 0.118. The van der Waals surface area contributed by atoms with E-state index in [4.69, 9.17) is 0 Å². The van der Waals surface area contributed by atoms with Crippen LogP contribution in [0.4, 0.5) is 17.1 Å². The van der Waals surface area contributed by atoms with Crippen LogP contribution in [-0.4, -0.2) is 0 Å². The van der Waals surface area contributed by atoms with Gasteiger partial charge in [0.1, 0.15) is 0 Å². The van der Waals surface area contributed by atoms with Crippen LogP contribution in [0, 0.1) is 41.4 Å². The largest absolute Gasteiger partial charge is 0.310 e. The Bertz CT molecular complexity index is 2460. The summed E-state index contributed by atoms with van der Waals surface area (Å²) in [4.78, 5) is 5.61. The molecule has 8 bridgehead atoms. The highest BCUT2D eigenvalue weighted by atomic mass is 32.2. The predicted octanol–water partition coefficient (Wildman–Crippen LogP) is 15.8. The molecule has 8 saturated carbocycles. The molecule has 0 radical (unpaired) electrons. The van der Waals surface area contributed by atoms with Gasteiger partial charge in [-0.2, -0.15) is 0 Å². The molecule has 306 valence electrons. The van der Waals surface area contributed by atoms with Gasteiger partial charge in [-0.3, -0.25) is 0 Å². The van der Waals surface area contributed by atoms with Crippen LogP contribution in [0.3, 0.4) is 0 Å². The lowest BCUT2D eigenvalue weighted by Crippen LogP contribution is -2.57. The molecule has 60 heavy (non-hydrogen) atoms. The van der Waals surface area contributed by atoms with Crippen LogP contribution in [0.5, 0.6) is 0 Å². The second-order valence-corrected chi connectivity index (χ2v) is 24.2. The van der Waals surface area contributed by atoms with E-state index in [1.165, 1.54) is 133 Å². The van der Waals surface area contributed by atoms with Crippen LogP contribution in [-0.2, 0) is 21.7 Å². The summed E-state index contributed by atoms with van der Waals surface area (Å²) in [6, 6.07) is 44.3. The van der Waals surface area contributed by atoms with Gasteiger partial charge >= 0.3 is 0 Å². The van der Waals surface area contributed by atoms with E-state index in [2.05, 4.69) is 142 Å². The molecule has 5 aromatic carbocycles. The zero-order chi connectivity index (χ0) is 40.2. The molecule has 2 heteroatoms. The minimum Gasteiger partial charge on any atom is -0.310 e. The lowest BCUT2D eigenvalue weighted by molar-refractivity contribution is -0.0443. The predicted molar refractivity (Wildman–Crippen MR) is 250 cm³/mol. The monoisotopic (exact) mass is 805 g/mol. The van der Waals surface area contributed by atoms with E-state index in [-0.39, 0.29) is 16.2 Å². The Kier molecular flexibility index (Phi) is 7.93. The van der Waals surface area contributed by atoms with E-state index in [0.29, 0.717) is 5.41 Å². The van der Waals surface area contributed by atoms with Crippen LogP contribution < -0.4 is 4.90 Å². The van der Waals surface area contributed by atoms with E-state index in [9.17, 15) is 0 Å². The third kappa shape index (κ3) is 5.37. The van der Waals surface area contributed by atoms with Crippen molar-refractivity contribution in [1.29, 1.82) is 0 Å². The molecule has 1 aliphatic heterocycles. The van der Waals surface area contributed by atoms with Crippen molar-refractivity contribution in [3.63, 3.8) is 0 Å². The zero-order valence-corrected chi connectivity index (χ0v) is 37.3. The second kappa shape index (κ2) is 12.9. The molecule has 1 heterocycles. The van der Waals surface area contributed by atoms with Crippen LogP contribution >= 0.6 is 11.8 Å². The number of hydrogen-bond donors (Lipinski definition) is 0. The molecular formula is C58H63NS. The fraction of sp³-hybridized carbons (Fsp3) is 0.483. The van der Waals surface area contributed by atoms with Crippen molar-refractivity contribution in [1.82, 2.24) is 0 Å². The van der Waals surface area contributed by atoms with Crippen molar-refractivity contribution in [2.24, 2.45) is 41.4 Å². The molecule has 0 saturated heterocycles. The first-order valence-corrected chi connectivity index (χ1v) is 24.9. The lowest BCUT2D eigenvalue weighted by atomic mass is 9.42. The maximum Gasteiger partial charge on any atom is 0.0465 e. The van der Waals surface area contributed by atoms with Crippen LogP contribution in [0.2, 0.25) is 0 Å². The van der Waals surface area contributed by atoms with E-state index in [1.54, 1.807) is 16.7 Å². The summed E-state index contributed by atoms with van der Waals surface area (Å²) in [5, 5.41) is 0. The van der Waals surface area contributed by atoms with Gasteiger partial charge in [-0.25, -0.2) is 0 Å². The molecule has 0 unspecified atom stereocenters. The molecular weight excluding hydrogens is 743 g/mol. The first-order chi connectivity index (χ1) is 29.0. The van der Waals surface area contributed by atoms with Crippen molar-refractivity contribution >= 4 is 28.8 Å². The fourth-order valence-corrected chi connectivity index (χ4v) is 17.7. The Hall–Kier alpha value is -3.75. The van der Waals surface area contributed by atoms with Crippen molar-refractivity contribution in [3.8, 4) is 11.1 Å². The Morgan fingerprint density at radius 2 is 0.983 bits per heavy atom. The topological polar surface area (TPSA) is 3.24 Å². The Morgan fingerprint density at radius 1 is 0.450 bits per heavy atom. The summed E-state index contributed by atoms with van der Waals surface area (Å²) in [6.07, 6.45) is 18.3. The quantitative estimate of drug-likeness (QED) is 0.174. The summed E-state index contributed by atoms with van der Waals surface area (Å²) in [7, 11) is 0.